The molecule has 2 aromatic rings. The molecule has 1 heterocycles. The van der Waals surface area contributed by atoms with Crippen LogP contribution in [0.25, 0.3) is 0 Å². The Balaban J connectivity index is 1.32. The zero-order valence-electron chi connectivity index (χ0n) is 20.3. The fourth-order valence-corrected chi connectivity index (χ4v) is 5.64. The Morgan fingerprint density at radius 3 is 2.61 bits per heavy atom. The topological polar surface area (TPSA) is 93.5 Å². The highest BCUT2D eigenvalue weighted by atomic mass is 16.5. The Bertz CT molecular complexity index is 1060. The molecule has 7 heteroatoms. The van der Waals surface area contributed by atoms with Gasteiger partial charge in [-0.15, -0.1) is 0 Å². The molecule has 0 bridgehead atoms. The third-order valence-electron chi connectivity index (χ3n) is 7.39. The summed E-state index contributed by atoms with van der Waals surface area (Å²) in [6, 6.07) is 4.18. The number of hydrogen-bond acceptors (Lipinski definition) is 5. The Morgan fingerprint density at radius 1 is 1.24 bits per heavy atom. The van der Waals surface area contributed by atoms with E-state index in [1.165, 1.54) is 5.56 Å². The first kappa shape index (κ1) is 23.5. The van der Waals surface area contributed by atoms with Crippen molar-refractivity contribution in [3.63, 3.8) is 0 Å². The van der Waals surface area contributed by atoms with Gasteiger partial charge < -0.3 is 15.2 Å². The molecule has 1 aromatic carbocycles. The van der Waals surface area contributed by atoms with Crippen molar-refractivity contribution in [2.45, 2.75) is 66.2 Å². The maximum absolute atomic E-state index is 13.0. The molecule has 4 rings (SSSR count). The van der Waals surface area contributed by atoms with Crippen LogP contribution in [-0.2, 0) is 17.6 Å². The number of benzene rings is 1. The summed E-state index contributed by atoms with van der Waals surface area (Å²) in [5.41, 5.74) is 7.05. The van der Waals surface area contributed by atoms with Gasteiger partial charge >= 0.3 is 5.97 Å². The molecule has 2 atom stereocenters. The monoisotopic (exact) mass is 453 g/mol. The lowest BCUT2D eigenvalue weighted by Gasteiger charge is -2.14. The average molecular weight is 454 g/mol. The van der Waals surface area contributed by atoms with Crippen LogP contribution in [-0.4, -0.2) is 46.5 Å². The van der Waals surface area contributed by atoms with Crippen LogP contribution in [0.4, 0.5) is 0 Å². The number of nitrogens with one attached hydrogen (secondary N) is 1. The zero-order valence-corrected chi connectivity index (χ0v) is 20.3. The molecule has 2 aliphatic carbocycles. The van der Waals surface area contributed by atoms with Gasteiger partial charge in [0.05, 0.1) is 24.5 Å². The molecule has 0 saturated heterocycles. The third kappa shape index (κ3) is 4.56. The molecule has 2 unspecified atom stereocenters. The Hall–Kier alpha value is -2.67. The molecule has 178 valence electrons. The van der Waals surface area contributed by atoms with E-state index in [1.807, 2.05) is 20.8 Å². The zero-order chi connectivity index (χ0) is 23.9. The number of aliphatic carboxylic acids is 1. The summed E-state index contributed by atoms with van der Waals surface area (Å²) >= 11 is 0. The largest absolute Gasteiger partial charge is 0.493 e. The van der Waals surface area contributed by atoms with Gasteiger partial charge in [-0.05, 0) is 80.5 Å². The van der Waals surface area contributed by atoms with Crippen molar-refractivity contribution in [3.05, 3.63) is 45.8 Å². The van der Waals surface area contributed by atoms with Crippen LogP contribution in [0.15, 0.2) is 12.1 Å². The quantitative estimate of drug-likeness (QED) is 0.531. The van der Waals surface area contributed by atoms with E-state index < -0.39 is 5.97 Å². The van der Waals surface area contributed by atoms with E-state index in [-0.39, 0.29) is 12.5 Å². The Labute approximate surface area is 195 Å². The fourth-order valence-electron chi connectivity index (χ4n) is 5.64. The summed E-state index contributed by atoms with van der Waals surface area (Å²) in [7, 11) is 0. The van der Waals surface area contributed by atoms with Crippen molar-refractivity contribution < 1.29 is 19.4 Å². The summed E-state index contributed by atoms with van der Waals surface area (Å²) in [5.74, 6) is 1.31. The highest BCUT2D eigenvalue weighted by Gasteiger charge is 2.64. The molecule has 33 heavy (non-hydrogen) atoms. The minimum Gasteiger partial charge on any atom is -0.493 e. The van der Waals surface area contributed by atoms with Gasteiger partial charge in [0.15, 0.2) is 0 Å². The average Bonchev–Trinajstić information content (AvgIpc) is 3.06. The second-order valence-corrected chi connectivity index (χ2v) is 10.2. The van der Waals surface area contributed by atoms with Gasteiger partial charge in [-0.3, -0.25) is 9.59 Å². The van der Waals surface area contributed by atoms with E-state index in [0.29, 0.717) is 43.2 Å². The summed E-state index contributed by atoms with van der Waals surface area (Å²) in [6.07, 6.45) is 2.80. The molecular weight excluding hydrogens is 418 g/mol. The van der Waals surface area contributed by atoms with E-state index in [0.717, 1.165) is 46.7 Å². The lowest BCUT2D eigenvalue weighted by molar-refractivity contribution is -0.135. The first-order valence-corrected chi connectivity index (χ1v) is 11.9. The lowest BCUT2D eigenvalue weighted by Crippen LogP contribution is -2.24. The molecule has 2 N–H and O–H groups in total. The van der Waals surface area contributed by atoms with Gasteiger partial charge in [0.25, 0.3) is 0 Å². The van der Waals surface area contributed by atoms with Gasteiger partial charge in [-0.1, -0.05) is 26.0 Å². The molecule has 0 aliphatic heterocycles. The van der Waals surface area contributed by atoms with Crippen LogP contribution in [0.5, 0.6) is 5.75 Å². The molecule has 1 fully saturated rings. The van der Waals surface area contributed by atoms with Gasteiger partial charge in [-0.25, -0.2) is 4.68 Å². The lowest BCUT2D eigenvalue weighted by atomic mass is 9.98. The normalized spacial score (nSPS) is 19.8. The van der Waals surface area contributed by atoms with Crippen molar-refractivity contribution in [2.75, 3.05) is 19.7 Å². The van der Waals surface area contributed by atoms with E-state index in [1.54, 1.807) is 4.68 Å². The number of aryl methyl sites for hydroxylation is 4. The number of hydrogen-bond donors (Lipinski definition) is 2. The van der Waals surface area contributed by atoms with Gasteiger partial charge in [0.1, 0.15) is 5.75 Å². The van der Waals surface area contributed by atoms with Crippen LogP contribution in [0.1, 0.15) is 71.0 Å². The maximum Gasteiger partial charge on any atom is 0.317 e. The summed E-state index contributed by atoms with van der Waals surface area (Å²) in [6.45, 7) is 11.8. The van der Waals surface area contributed by atoms with Crippen LogP contribution >= 0.6 is 0 Å². The van der Waals surface area contributed by atoms with E-state index in [9.17, 15) is 9.59 Å². The summed E-state index contributed by atoms with van der Waals surface area (Å²) < 4.78 is 7.62. The van der Waals surface area contributed by atoms with Crippen molar-refractivity contribution >= 4 is 11.9 Å². The number of carboxylic acids is 1. The van der Waals surface area contributed by atoms with Crippen LogP contribution in [0.2, 0.25) is 0 Å². The molecule has 2 aliphatic rings. The summed E-state index contributed by atoms with van der Waals surface area (Å²) in [4.78, 5) is 23.5. The second-order valence-electron chi connectivity index (χ2n) is 10.2. The predicted octanol–water partition coefficient (Wildman–Crippen LogP) is 3.82. The number of rotatable bonds is 10. The van der Waals surface area contributed by atoms with E-state index in [4.69, 9.17) is 9.84 Å². The Morgan fingerprint density at radius 2 is 1.94 bits per heavy atom. The molecular formula is C26H35N3O4. The first-order valence-electron chi connectivity index (χ1n) is 11.9. The van der Waals surface area contributed by atoms with Gasteiger partial charge in [0, 0.05) is 12.0 Å². The molecule has 7 nitrogen and oxygen atoms in total. The molecule has 1 saturated carbocycles. The number of aromatic nitrogens is 2. The van der Waals surface area contributed by atoms with Crippen molar-refractivity contribution in [3.8, 4) is 5.75 Å². The highest BCUT2D eigenvalue weighted by Crippen LogP contribution is 2.70. The standard InChI is InChI=1S/C26H35N3O4/c1-15-11-18(12-16(2)25(15)33-10-6-9-27-14-22(31)32)7-8-21(30)29-20-13-19-24(26(19,4)5)23(20)17(3)28-29/h11-12,19,24,27H,6-10,13-14H2,1-5H3,(H,31,32). The SMILES string of the molecule is Cc1cc(CCC(=O)n2nc(C)c3c2CC2C3C2(C)C)cc(C)c1OCCCNCC(=O)O. The number of carbonyl (C=O) groups excluding carboxylic acids is 1. The minimum absolute atomic E-state index is 0.0362. The van der Waals surface area contributed by atoms with E-state index >= 15 is 0 Å². The van der Waals surface area contributed by atoms with Crippen molar-refractivity contribution in [1.82, 2.24) is 15.1 Å². The summed E-state index contributed by atoms with van der Waals surface area (Å²) in [5, 5.41) is 16.1. The van der Waals surface area contributed by atoms with Crippen molar-refractivity contribution in [2.24, 2.45) is 11.3 Å². The van der Waals surface area contributed by atoms with Crippen LogP contribution in [0, 0.1) is 32.1 Å². The van der Waals surface area contributed by atoms with Crippen molar-refractivity contribution in [1.29, 1.82) is 0 Å². The maximum atomic E-state index is 13.0. The molecule has 0 spiro atoms. The Kier molecular flexibility index (Phi) is 6.36. The second kappa shape index (κ2) is 8.93. The number of nitrogens with zero attached hydrogens (tertiary/aromatic N) is 2. The first-order chi connectivity index (χ1) is 15.6. The van der Waals surface area contributed by atoms with Gasteiger partial charge in [0.2, 0.25) is 5.91 Å². The molecule has 0 radical (unpaired) electrons. The minimum atomic E-state index is -0.857. The van der Waals surface area contributed by atoms with E-state index in [2.05, 4.69) is 36.4 Å². The number of fused-ring (bicyclic) bond motifs is 3. The highest BCUT2D eigenvalue weighted by molar-refractivity contribution is 5.80. The predicted molar refractivity (Wildman–Crippen MR) is 126 cm³/mol. The third-order valence-corrected chi connectivity index (χ3v) is 7.39. The smallest absolute Gasteiger partial charge is 0.317 e. The van der Waals surface area contributed by atoms with Crippen LogP contribution in [0.3, 0.4) is 0 Å². The fraction of sp³-hybridized carbons (Fsp3) is 0.577. The molecule has 0 amide bonds. The molecule has 1 aromatic heterocycles. The van der Waals surface area contributed by atoms with Gasteiger partial charge in [-0.2, -0.15) is 5.10 Å². The number of carbonyl (C=O) groups is 2. The number of carboxylic acid groups (broad SMARTS) is 1. The van der Waals surface area contributed by atoms with Crippen LogP contribution < -0.4 is 10.1 Å². The number of ether oxygens (including phenoxy) is 1.